The molecular weight excluding hydrogens is 426 g/mol. The van der Waals surface area contributed by atoms with E-state index in [0.29, 0.717) is 24.5 Å². The van der Waals surface area contributed by atoms with E-state index in [4.69, 9.17) is 4.42 Å². The van der Waals surface area contributed by atoms with Crippen LogP contribution in [0.15, 0.2) is 59.2 Å². The third-order valence-corrected chi connectivity index (χ3v) is 7.55. The summed E-state index contributed by atoms with van der Waals surface area (Å²) in [6.45, 7) is 4.72. The lowest BCUT2D eigenvalue weighted by Crippen LogP contribution is -2.64. The first-order chi connectivity index (χ1) is 16.5. The third kappa shape index (κ3) is 4.06. The highest BCUT2D eigenvalue weighted by Crippen LogP contribution is 2.35. The van der Waals surface area contributed by atoms with Gasteiger partial charge in [0, 0.05) is 12.6 Å². The largest absolute Gasteiger partial charge is 0.463 e. The standard InChI is InChI=1S/C28H33N3O3/c1-20-10-7-8-11-21(20)18-31-26(32)24-16-15-23(25-14-9-17-34-25)30(24)19-28(31,2)27(33)29-22-12-5-3-4-6-13-22/h7-11,14-17,22H,3-6,12-13,18-19H2,1-2H3,(H,29,33)/t28-/m0/s1. The Morgan fingerprint density at radius 2 is 1.76 bits per heavy atom. The Labute approximate surface area is 200 Å². The van der Waals surface area contributed by atoms with Crippen molar-refractivity contribution in [2.75, 3.05) is 0 Å². The fraction of sp³-hybridized carbons (Fsp3) is 0.429. The van der Waals surface area contributed by atoms with Gasteiger partial charge in [-0.15, -0.1) is 0 Å². The maximum absolute atomic E-state index is 13.9. The summed E-state index contributed by atoms with van der Waals surface area (Å²) in [6.07, 6.45) is 8.35. The van der Waals surface area contributed by atoms with Crippen molar-refractivity contribution in [2.24, 2.45) is 0 Å². The lowest BCUT2D eigenvalue weighted by atomic mass is 9.92. The number of furan rings is 1. The number of nitrogens with one attached hydrogen (secondary N) is 1. The van der Waals surface area contributed by atoms with E-state index in [9.17, 15) is 9.59 Å². The number of nitrogens with zero attached hydrogens (tertiary/aromatic N) is 2. The average molecular weight is 460 g/mol. The Kier molecular flexibility index (Phi) is 6.07. The molecule has 6 nitrogen and oxygen atoms in total. The molecule has 0 unspecified atom stereocenters. The van der Waals surface area contributed by atoms with Gasteiger partial charge < -0.3 is 19.2 Å². The molecule has 0 radical (unpaired) electrons. The molecule has 3 aromatic rings. The van der Waals surface area contributed by atoms with Crippen LogP contribution in [0.4, 0.5) is 0 Å². The molecule has 5 rings (SSSR count). The second-order valence-electron chi connectivity index (χ2n) is 9.92. The van der Waals surface area contributed by atoms with Crippen LogP contribution in [0.3, 0.4) is 0 Å². The van der Waals surface area contributed by atoms with Crippen LogP contribution in [0.2, 0.25) is 0 Å². The van der Waals surface area contributed by atoms with Crippen molar-refractivity contribution < 1.29 is 14.0 Å². The summed E-state index contributed by atoms with van der Waals surface area (Å²) < 4.78 is 7.58. The summed E-state index contributed by atoms with van der Waals surface area (Å²) in [6, 6.07) is 15.7. The Bertz CT molecular complexity index is 1170. The zero-order valence-electron chi connectivity index (χ0n) is 20.0. The van der Waals surface area contributed by atoms with E-state index in [1.54, 1.807) is 11.2 Å². The van der Waals surface area contributed by atoms with Crippen molar-refractivity contribution in [3.05, 3.63) is 71.6 Å². The van der Waals surface area contributed by atoms with Crippen LogP contribution in [-0.4, -0.2) is 32.9 Å². The SMILES string of the molecule is Cc1ccccc1CN1C(=O)c2ccc(-c3ccco3)n2C[C@@]1(C)C(=O)NC1CCCCCC1. The van der Waals surface area contributed by atoms with Crippen LogP contribution in [0.1, 0.15) is 67.1 Å². The number of aromatic nitrogens is 1. The molecule has 2 amide bonds. The lowest BCUT2D eigenvalue weighted by Gasteiger charge is -2.45. The van der Waals surface area contributed by atoms with Crippen molar-refractivity contribution in [3.8, 4) is 11.5 Å². The van der Waals surface area contributed by atoms with Crippen LogP contribution in [-0.2, 0) is 17.9 Å². The first kappa shape index (κ1) is 22.5. The number of carbonyl (C=O) groups excluding carboxylic acids is 2. The molecule has 2 aliphatic rings. The van der Waals surface area contributed by atoms with Gasteiger partial charge in [-0.2, -0.15) is 0 Å². The maximum Gasteiger partial charge on any atom is 0.271 e. The number of rotatable bonds is 5. The summed E-state index contributed by atoms with van der Waals surface area (Å²) in [4.78, 5) is 29.6. The van der Waals surface area contributed by atoms with Crippen molar-refractivity contribution in [1.82, 2.24) is 14.8 Å². The summed E-state index contributed by atoms with van der Waals surface area (Å²) in [5, 5.41) is 3.33. The predicted molar refractivity (Wildman–Crippen MR) is 131 cm³/mol. The third-order valence-electron chi connectivity index (χ3n) is 7.55. The number of aryl methyl sites for hydroxylation is 1. The zero-order valence-corrected chi connectivity index (χ0v) is 20.0. The normalized spacial score (nSPS) is 21.2. The maximum atomic E-state index is 13.9. The average Bonchev–Trinajstić information content (AvgIpc) is 3.42. The first-order valence-corrected chi connectivity index (χ1v) is 12.4. The molecule has 0 saturated heterocycles. The van der Waals surface area contributed by atoms with Gasteiger partial charge in [0.15, 0.2) is 0 Å². The second-order valence-corrected chi connectivity index (χ2v) is 9.92. The molecular formula is C28H33N3O3. The highest BCUT2D eigenvalue weighted by atomic mass is 16.3. The minimum absolute atomic E-state index is 0.0777. The Hall–Kier alpha value is -3.28. The van der Waals surface area contributed by atoms with Crippen molar-refractivity contribution in [1.29, 1.82) is 0 Å². The van der Waals surface area contributed by atoms with E-state index < -0.39 is 5.54 Å². The van der Waals surface area contributed by atoms with Crippen molar-refractivity contribution in [2.45, 2.75) is 77.0 Å². The van der Waals surface area contributed by atoms with E-state index in [-0.39, 0.29) is 17.9 Å². The number of amides is 2. The van der Waals surface area contributed by atoms with Gasteiger partial charge in [0.2, 0.25) is 5.91 Å². The number of hydrogen-bond acceptors (Lipinski definition) is 3. The van der Waals surface area contributed by atoms with Gasteiger partial charge in [0.25, 0.3) is 5.91 Å². The number of benzene rings is 1. The number of carbonyl (C=O) groups is 2. The molecule has 1 aliphatic carbocycles. The topological polar surface area (TPSA) is 67.5 Å². The van der Waals surface area contributed by atoms with Crippen LogP contribution >= 0.6 is 0 Å². The molecule has 1 N–H and O–H groups in total. The van der Waals surface area contributed by atoms with Crippen LogP contribution < -0.4 is 5.32 Å². The van der Waals surface area contributed by atoms with E-state index in [2.05, 4.69) is 5.32 Å². The number of hydrogen-bond donors (Lipinski definition) is 1. The Morgan fingerprint density at radius 3 is 2.47 bits per heavy atom. The first-order valence-electron chi connectivity index (χ1n) is 12.4. The minimum atomic E-state index is -1.03. The van der Waals surface area contributed by atoms with E-state index in [1.165, 1.54) is 12.8 Å². The van der Waals surface area contributed by atoms with E-state index >= 15 is 0 Å². The monoisotopic (exact) mass is 459 g/mol. The molecule has 1 fully saturated rings. The quantitative estimate of drug-likeness (QED) is 0.526. The molecule has 1 aliphatic heterocycles. The molecule has 2 aromatic heterocycles. The smallest absolute Gasteiger partial charge is 0.271 e. The molecule has 1 aromatic carbocycles. The summed E-state index contributed by atoms with van der Waals surface area (Å²) >= 11 is 0. The van der Waals surface area contributed by atoms with E-state index in [0.717, 1.165) is 42.5 Å². The van der Waals surface area contributed by atoms with Crippen molar-refractivity contribution >= 4 is 11.8 Å². The fourth-order valence-electron chi connectivity index (χ4n) is 5.38. The molecule has 34 heavy (non-hydrogen) atoms. The summed E-state index contributed by atoms with van der Waals surface area (Å²) in [5.41, 5.74) is 2.53. The van der Waals surface area contributed by atoms with Gasteiger partial charge in [-0.1, -0.05) is 49.9 Å². The predicted octanol–water partition coefficient (Wildman–Crippen LogP) is 5.31. The van der Waals surface area contributed by atoms with Crippen LogP contribution in [0.25, 0.3) is 11.5 Å². The highest BCUT2D eigenvalue weighted by molar-refractivity contribution is 6.00. The number of fused-ring (bicyclic) bond motifs is 1. The lowest BCUT2D eigenvalue weighted by molar-refractivity contribution is -0.134. The molecule has 6 heteroatoms. The van der Waals surface area contributed by atoms with Crippen molar-refractivity contribution in [3.63, 3.8) is 0 Å². The van der Waals surface area contributed by atoms with Gasteiger partial charge >= 0.3 is 0 Å². The molecule has 0 bridgehead atoms. The Balaban J connectivity index is 1.53. The molecule has 3 heterocycles. The highest BCUT2D eigenvalue weighted by Gasteiger charge is 2.48. The van der Waals surface area contributed by atoms with Crippen LogP contribution in [0, 0.1) is 6.92 Å². The molecule has 1 saturated carbocycles. The van der Waals surface area contributed by atoms with Crippen LogP contribution in [0.5, 0.6) is 0 Å². The summed E-state index contributed by atoms with van der Waals surface area (Å²) in [7, 11) is 0. The second kappa shape index (κ2) is 9.16. The van der Waals surface area contributed by atoms with E-state index in [1.807, 2.05) is 66.9 Å². The molecule has 1 atom stereocenters. The summed E-state index contributed by atoms with van der Waals surface area (Å²) in [5.74, 6) is 0.481. The molecule has 178 valence electrons. The van der Waals surface area contributed by atoms with Gasteiger partial charge in [0.05, 0.1) is 18.5 Å². The minimum Gasteiger partial charge on any atom is -0.463 e. The molecule has 0 spiro atoms. The zero-order chi connectivity index (χ0) is 23.7. The Morgan fingerprint density at radius 1 is 1.03 bits per heavy atom. The van der Waals surface area contributed by atoms with Gasteiger partial charge in [-0.05, 0) is 62.1 Å². The fourth-order valence-corrected chi connectivity index (χ4v) is 5.38. The van der Waals surface area contributed by atoms with Gasteiger partial charge in [0.1, 0.15) is 17.0 Å². The van der Waals surface area contributed by atoms with Gasteiger partial charge in [-0.3, -0.25) is 9.59 Å². The van der Waals surface area contributed by atoms with Gasteiger partial charge in [-0.25, -0.2) is 0 Å².